The van der Waals surface area contributed by atoms with Gasteiger partial charge in [0.1, 0.15) is 5.82 Å². The van der Waals surface area contributed by atoms with Crippen molar-refractivity contribution in [2.75, 3.05) is 5.73 Å². The van der Waals surface area contributed by atoms with E-state index in [0.29, 0.717) is 0 Å². The van der Waals surface area contributed by atoms with E-state index in [9.17, 15) is 0 Å². The molecule has 96 valence electrons. The molecule has 3 nitrogen and oxygen atoms in total. The molecule has 0 saturated carbocycles. The molecule has 3 N–H and O–H groups in total. The highest BCUT2D eigenvalue weighted by molar-refractivity contribution is 9.10. The van der Waals surface area contributed by atoms with Crippen molar-refractivity contribution < 1.29 is 0 Å². The molecule has 0 spiro atoms. The maximum Gasteiger partial charge on any atom is 0.138 e. The van der Waals surface area contributed by atoms with Crippen molar-refractivity contribution in [3.63, 3.8) is 0 Å². The first-order valence-electron chi connectivity index (χ1n) is 6.21. The van der Waals surface area contributed by atoms with Gasteiger partial charge in [0.25, 0.3) is 0 Å². The number of imidazole rings is 1. The quantitative estimate of drug-likeness (QED) is 0.698. The second-order valence-electron chi connectivity index (χ2n) is 4.56. The highest BCUT2D eigenvalue weighted by atomic mass is 79.9. The lowest BCUT2D eigenvalue weighted by Crippen LogP contribution is -1.87. The molecule has 0 aliphatic carbocycles. The maximum atomic E-state index is 5.86. The van der Waals surface area contributed by atoms with E-state index in [0.717, 1.165) is 39.0 Å². The third kappa shape index (κ3) is 2.36. The Kier molecular flexibility index (Phi) is 3.03. The Morgan fingerprint density at radius 2 is 2.05 bits per heavy atom. The molecule has 0 bridgehead atoms. The number of aromatic nitrogens is 2. The summed E-state index contributed by atoms with van der Waals surface area (Å²) >= 11 is 3.46. The predicted molar refractivity (Wildman–Crippen MR) is 83.0 cm³/mol. The fourth-order valence-electron chi connectivity index (χ4n) is 2.16. The van der Waals surface area contributed by atoms with E-state index < -0.39 is 0 Å². The van der Waals surface area contributed by atoms with E-state index in [1.54, 1.807) is 0 Å². The van der Waals surface area contributed by atoms with Gasteiger partial charge in [0.15, 0.2) is 0 Å². The molecule has 0 amide bonds. The zero-order valence-electron chi connectivity index (χ0n) is 10.6. The van der Waals surface area contributed by atoms with E-state index in [2.05, 4.69) is 51.0 Å². The molecule has 0 fully saturated rings. The molecule has 3 rings (SSSR count). The average molecular weight is 316 g/mol. The summed E-state index contributed by atoms with van der Waals surface area (Å²) in [6.07, 6.45) is 1.02. The molecule has 2 aromatic carbocycles. The number of rotatable bonds is 2. The van der Waals surface area contributed by atoms with Gasteiger partial charge >= 0.3 is 0 Å². The number of hydrogen-bond donors (Lipinski definition) is 2. The van der Waals surface area contributed by atoms with Gasteiger partial charge in [-0.2, -0.15) is 0 Å². The molecular weight excluding hydrogens is 302 g/mol. The Labute approximate surface area is 120 Å². The van der Waals surface area contributed by atoms with Crippen LogP contribution in [-0.4, -0.2) is 9.97 Å². The van der Waals surface area contributed by atoms with Gasteiger partial charge in [-0.25, -0.2) is 4.98 Å². The second-order valence-corrected chi connectivity index (χ2v) is 5.48. The van der Waals surface area contributed by atoms with E-state index in [1.807, 2.05) is 18.2 Å². The fourth-order valence-corrected chi connectivity index (χ4v) is 2.67. The molecule has 1 aromatic heterocycles. The Morgan fingerprint density at radius 1 is 1.21 bits per heavy atom. The highest BCUT2D eigenvalue weighted by Gasteiger charge is 2.07. The monoisotopic (exact) mass is 315 g/mol. The summed E-state index contributed by atoms with van der Waals surface area (Å²) < 4.78 is 0.956. The second kappa shape index (κ2) is 4.70. The molecule has 1 heterocycles. The molecule has 0 aliphatic rings. The number of benzene rings is 2. The lowest BCUT2D eigenvalue weighted by Gasteiger charge is -2.00. The average Bonchev–Trinajstić information content (AvgIpc) is 2.80. The zero-order chi connectivity index (χ0) is 13.4. The number of aryl methyl sites for hydroxylation is 1. The van der Waals surface area contributed by atoms with Crippen LogP contribution in [0.1, 0.15) is 12.5 Å². The third-order valence-corrected chi connectivity index (χ3v) is 3.61. The number of anilines is 1. The summed E-state index contributed by atoms with van der Waals surface area (Å²) in [4.78, 5) is 7.96. The van der Waals surface area contributed by atoms with Crippen molar-refractivity contribution in [3.8, 4) is 11.4 Å². The van der Waals surface area contributed by atoms with Crippen LogP contribution in [0.15, 0.2) is 40.9 Å². The first kappa shape index (κ1) is 12.2. The topological polar surface area (TPSA) is 54.7 Å². The largest absolute Gasteiger partial charge is 0.399 e. The number of fused-ring (bicyclic) bond motifs is 1. The van der Waals surface area contributed by atoms with Gasteiger partial charge in [-0.1, -0.05) is 28.9 Å². The predicted octanol–water partition coefficient (Wildman–Crippen LogP) is 4.14. The molecule has 3 aromatic rings. The zero-order valence-corrected chi connectivity index (χ0v) is 12.2. The van der Waals surface area contributed by atoms with Crippen LogP contribution in [0.2, 0.25) is 0 Å². The van der Waals surface area contributed by atoms with Crippen LogP contribution in [0.5, 0.6) is 0 Å². The van der Waals surface area contributed by atoms with Crippen LogP contribution >= 0.6 is 15.9 Å². The van der Waals surface area contributed by atoms with Crippen molar-refractivity contribution in [2.24, 2.45) is 0 Å². The number of nitrogen functional groups attached to an aromatic ring is 1. The molecular formula is C15H14BrN3. The normalized spacial score (nSPS) is 11.1. The molecule has 4 heteroatoms. The number of halogens is 1. The van der Waals surface area contributed by atoms with Gasteiger partial charge in [0, 0.05) is 15.7 Å². The standard InChI is InChI=1S/C15H14BrN3/c1-2-9-3-4-13-14(5-9)19-15(18-13)10-6-11(16)8-12(17)7-10/h3-8H,2,17H2,1H3,(H,18,19). The first-order valence-corrected chi connectivity index (χ1v) is 7.00. The van der Waals surface area contributed by atoms with Crippen LogP contribution in [-0.2, 0) is 6.42 Å². The number of nitrogens with two attached hydrogens (primary N) is 1. The molecule has 0 radical (unpaired) electrons. The minimum absolute atomic E-state index is 0.721. The number of nitrogens with zero attached hydrogens (tertiary/aromatic N) is 1. The van der Waals surface area contributed by atoms with E-state index in [4.69, 9.17) is 5.73 Å². The van der Waals surface area contributed by atoms with Gasteiger partial charge in [-0.15, -0.1) is 0 Å². The Hall–Kier alpha value is -1.81. The van der Waals surface area contributed by atoms with Crippen LogP contribution in [0, 0.1) is 0 Å². The van der Waals surface area contributed by atoms with E-state index in [1.165, 1.54) is 5.56 Å². The summed E-state index contributed by atoms with van der Waals surface area (Å²) in [6.45, 7) is 2.15. The summed E-state index contributed by atoms with van der Waals surface area (Å²) in [5, 5.41) is 0. The van der Waals surface area contributed by atoms with Gasteiger partial charge in [-0.05, 0) is 42.3 Å². The summed E-state index contributed by atoms with van der Waals surface area (Å²) in [7, 11) is 0. The minimum Gasteiger partial charge on any atom is -0.399 e. The Morgan fingerprint density at radius 3 is 2.79 bits per heavy atom. The SMILES string of the molecule is CCc1ccc2nc(-c3cc(N)cc(Br)c3)[nH]c2c1. The first-order chi connectivity index (χ1) is 9.15. The van der Waals surface area contributed by atoms with Gasteiger partial charge < -0.3 is 10.7 Å². The maximum absolute atomic E-state index is 5.86. The van der Waals surface area contributed by atoms with Gasteiger partial charge in [0.05, 0.1) is 11.0 Å². The van der Waals surface area contributed by atoms with Crippen molar-refractivity contribution in [3.05, 3.63) is 46.4 Å². The van der Waals surface area contributed by atoms with Crippen molar-refractivity contribution >= 4 is 32.7 Å². The number of aromatic amines is 1. The van der Waals surface area contributed by atoms with Gasteiger partial charge in [0.2, 0.25) is 0 Å². The number of nitrogens with one attached hydrogen (secondary N) is 1. The molecule has 0 atom stereocenters. The summed E-state index contributed by atoms with van der Waals surface area (Å²) in [5.41, 5.74) is 10.9. The molecule has 0 unspecified atom stereocenters. The summed E-state index contributed by atoms with van der Waals surface area (Å²) in [6, 6.07) is 12.1. The fraction of sp³-hybridized carbons (Fsp3) is 0.133. The third-order valence-electron chi connectivity index (χ3n) is 3.15. The minimum atomic E-state index is 0.721. The number of H-pyrrole nitrogens is 1. The summed E-state index contributed by atoms with van der Waals surface area (Å²) in [5.74, 6) is 0.844. The van der Waals surface area contributed by atoms with E-state index >= 15 is 0 Å². The molecule has 0 aliphatic heterocycles. The van der Waals surface area contributed by atoms with Gasteiger partial charge in [-0.3, -0.25) is 0 Å². The molecule has 0 saturated heterocycles. The lowest BCUT2D eigenvalue weighted by molar-refractivity contribution is 1.14. The Bertz CT molecular complexity index is 726. The van der Waals surface area contributed by atoms with Crippen LogP contribution < -0.4 is 5.73 Å². The van der Waals surface area contributed by atoms with Crippen molar-refractivity contribution in [2.45, 2.75) is 13.3 Å². The smallest absolute Gasteiger partial charge is 0.138 e. The van der Waals surface area contributed by atoms with Crippen LogP contribution in [0.3, 0.4) is 0 Å². The molecule has 19 heavy (non-hydrogen) atoms. The Balaban J connectivity index is 2.14. The highest BCUT2D eigenvalue weighted by Crippen LogP contribution is 2.26. The van der Waals surface area contributed by atoms with Crippen LogP contribution in [0.25, 0.3) is 22.4 Å². The van der Waals surface area contributed by atoms with Crippen molar-refractivity contribution in [1.82, 2.24) is 9.97 Å². The number of hydrogen-bond acceptors (Lipinski definition) is 2. The lowest BCUT2D eigenvalue weighted by atomic mass is 10.1. The van der Waals surface area contributed by atoms with Crippen molar-refractivity contribution in [1.29, 1.82) is 0 Å². The van der Waals surface area contributed by atoms with Crippen LogP contribution in [0.4, 0.5) is 5.69 Å². The van der Waals surface area contributed by atoms with E-state index in [-0.39, 0.29) is 0 Å².